The van der Waals surface area contributed by atoms with E-state index in [-0.39, 0.29) is 25.0 Å². The van der Waals surface area contributed by atoms with Crippen LogP contribution in [0.1, 0.15) is 11.3 Å². The van der Waals surface area contributed by atoms with Crippen molar-refractivity contribution in [2.45, 2.75) is 13.5 Å². The Balaban J connectivity index is 1.68. The number of carbonyl (C=O) groups excluding carboxylic acids is 2. The SMILES string of the molecule is Cc1ccc2c(c1)N(CC(=O)NCc1ccccn1)C(=O)CO2. The van der Waals surface area contributed by atoms with Gasteiger partial charge in [0.15, 0.2) is 6.61 Å². The first-order valence-electron chi connectivity index (χ1n) is 7.34. The monoisotopic (exact) mass is 311 g/mol. The minimum atomic E-state index is -0.238. The van der Waals surface area contributed by atoms with Gasteiger partial charge in [0.1, 0.15) is 12.3 Å². The third-order valence-corrected chi connectivity index (χ3v) is 3.55. The van der Waals surface area contributed by atoms with Gasteiger partial charge in [0, 0.05) is 6.20 Å². The van der Waals surface area contributed by atoms with Crippen molar-refractivity contribution in [3.63, 3.8) is 0 Å². The largest absolute Gasteiger partial charge is 0.482 e. The summed E-state index contributed by atoms with van der Waals surface area (Å²) < 4.78 is 5.40. The van der Waals surface area contributed by atoms with E-state index in [9.17, 15) is 9.59 Å². The topological polar surface area (TPSA) is 71.5 Å². The first-order chi connectivity index (χ1) is 11.1. The number of fused-ring (bicyclic) bond motifs is 1. The van der Waals surface area contributed by atoms with Gasteiger partial charge >= 0.3 is 0 Å². The number of hydrogen-bond donors (Lipinski definition) is 1. The molecule has 0 spiro atoms. The van der Waals surface area contributed by atoms with Gasteiger partial charge in [-0.05, 0) is 36.8 Å². The standard InChI is InChI=1S/C17H17N3O3/c1-12-5-6-15-14(8-12)20(17(22)11-23-15)10-16(21)19-9-13-4-2-3-7-18-13/h2-8H,9-11H2,1H3,(H,19,21). The molecular weight excluding hydrogens is 294 g/mol. The number of anilines is 1. The summed E-state index contributed by atoms with van der Waals surface area (Å²) in [5.74, 6) is 0.155. The van der Waals surface area contributed by atoms with Gasteiger partial charge in [0.25, 0.3) is 5.91 Å². The Hall–Kier alpha value is -2.89. The van der Waals surface area contributed by atoms with Crippen LogP contribution in [-0.2, 0) is 16.1 Å². The average molecular weight is 311 g/mol. The zero-order chi connectivity index (χ0) is 16.2. The second-order valence-corrected chi connectivity index (χ2v) is 5.34. The summed E-state index contributed by atoms with van der Waals surface area (Å²) in [4.78, 5) is 29.8. The maximum absolute atomic E-state index is 12.2. The van der Waals surface area contributed by atoms with Crippen LogP contribution in [0.4, 0.5) is 5.69 Å². The van der Waals surface area contributed by atoms with Crippen molar-refractivity contribution in [3.8, 4) is 5.75 Å². The van der Waals surface area contributed by atoms with Crippen LogP contribution < -0.4 is 15.0 Å². The predicted molar refractivity (Wildman–Crippen MR) is 85.1 cm³/mol. The molecule has 3 rings (SSSR count). The Labute approximate surface area is 134 Å². The fourth-order valence-corrected chi connectivity index (χ4v) is 2.38. The second-order valence-electron chi connectivity index (χ2n) is 5.34. The highest BCUT2D eigenvalue weighted by atomic mass is 16.5. The Kier molecular flexibility index (Phi) is 4.23. The van der Waals surface area contributed by atoms with E-state index < -0.39 is 0 Å². The molecule has 1 aliphatic heterocycles. The summed E-state index contributed by atoms with van der Waals surface area (Å²) in [5, 5.41) is 2.78. The maximum Gasteiger partial charge on any atom is 0.265 e. The van der Waals surface area contributed by atoms with Gasteiger partial charge in [-0.25, -0.2) is 0 Å². The van der Waals surface area contributed by atoms with Gasteiger partial charge in [0.05, 0.1) is 17.9 Å². The zero-order valence-electron chi connectivity index (χ0n) is 12.8. The Morgan fingerprint density at radius 3 is 3.00 bits per heavy atom. The van der Waals surface area contributed by atoms with E-state index in [1.807, 2.05) is 43.3 Å². The van der Waals surface area contributed by atoms with Gasteiger partial charge in [-0.15, -0.1) is 0 Å². The number of ether oxygens (including phenoxy) is 1. The van der Waals surface area contributed by atoms with E-state index in [1.165, 1.54) is 4.90 Å². The molecule has 0 atom stereocenters. The molecule has 0 aliphatic carbocycles. The molecule has 1 aromatic heterocycles. The molecule has 0 unspecified atom stereocenters. The Morgan fingerprint density at radius 2 is 2.22 bits per heavy atom. The van der Waals surface area contributed by atoms with Gasteiger partial charge < -0.3 is 10.1 Å². The summed E-state index contributed by atoms with van der Waals surface area (Å²) in [6.07, 6.45) is 1.67. The summed E-state index contributed by atoms with van der Waals surface area (Å²) in [5.41, 5.74) is 2.40. The van der Waals surface area contributed by atoms with E-state index in [2.05, 4.69) is 10.3 Å². The number of nitrogens with one attached hydrogen (secondary N) is 1. The quantitative estimate of drug-likeness (QED) is 0.927. The smallest absolute Gasteiger partial charge is 0.265 e. The van der Waals surface area contributed by atoms with Gasteiger partial charge in [0.2, 0.25) is 5.91 Å². The minimum absolute atomic E-state index is 0.0362. The molecule has 2 heterocycles. The number of benzene rings is 1. The summed E-state index contributed by atoms with van der Waals surface area (Å²) in [6.45, 7) is 2.17. The number of carbonyl (C=O) groups is 2. The van der Waals surface area contributed by atoms with Crippen molar-refractivity contribution < 1.29 is 14.3 Å². The highest BCUT2D eigenvalue weighted by molar-refractivity contribution is 6.02. The first-order valence-corrected chi connectivity index (χ1v) is 7.34. The number of pyridine rings is 1. The third kappa shape index (κ3) is 3.48. The Bertz CT molecular complexity index is 731. The molecule has 0 saturated carbocycles. The third-order valence-electron chi connectivity index (χ3n) is 3.55. The summed E-state index contributed by atoms with van der Waals surface area (Å²) >= 11 is 0. The fourth-order valence-electron chi connectivity index (χ4n) is 2.38. The fraction of sp³-hybridized carbons (Fsp3) is 0.235. The normalized spacial score (nSPS) is 13.3. The van der Waals surface area contributed by atoms with Crippen molar-refractivity contribution >= 4 is 17.5 Å². The van der Waals surface area contributed by atoms with E-state index in [1.54, 1.807) is 6.20 Å². The molecule has 0 saturated heterocycles. The van der Waals surface area contributed by atoms with Crippen LogP contribution in [0.15, 0.2) is 42.6 Å². The van der Waals surface area contributed by atoms with E-state index >= 15 is 0 Å². The molecule has 2 aromatic rings. The van der Waals surface area contributed by atoms with Crippen LogP contribution in [0.5, 0.6) is 5.75 Å². The van der Waals surface area contributed by atoms with Gasteiger partial charge in [-0.1, -0.05) is 12.1 Å². The lowest BCUT2D eigenvalue weighted by molar-refractivity contribution is -0.125. The van der Waals surface area contributed by atoms with Gasteiger partial charge in [-0.2, -0.15) is 0 Å². The van der Waals surface area contributed by atoms with Crippen molar-refractivity contribution in [1.29, 1.82) is 0 Å². The average Bonchev–Trinajstić information content (AvgIpc) is 2.57. The van der Waals surface area contributed by atoms with E-state index in [0.29, 0.717) is 18.0 Å². The molecule has 118 valence electrons. The molecule has 1 N–H and O–H groups in total. The lowest BCUT2D eigenvalue weighted by Crippen LogP contribution is -2.45. The first kappa shape index (κ1) is 15.0. The molecule has 1 aromatic carbocycles. The van der Waals surface area contributed by atoms with Crippen molar-refractivity contribution in [2.24, 2.45) is 0 Å². The Morgan fingerprint density at radius 1 is 1.35 bits per heavy atom. The van der Waals surface area contributed by atoms with Crippen molar-refractivity contribution in [3.05, 3.63) is 53.9 Å². The molecule has 0 bridgehead atoms. The van der Waals surface area contributed by atoms with Crippen LogP contribution in [0, 0.1) is 6.92 Å². The minimum Gasteiger partial charge on any atom is -0.482 e. The molecule has 6 heteroatoms. The van der Waals surface area contributed by atoms with E-state index in [4.69, 9.17) is 4.74 Å². The highest BCUT2D eigenvalue weighted by Gasteiger charge is 2.27. The van der Waals surface area contributed by atoms with Crippen LogP contribution in [0.2, 0.25) is 0 Å². The van der Waals surface area contributed by atoms with Crippen LogP contribution in [0.25, 0.3) is 0 Å². The van der Waals surface area contributed by atoms with Crippen molar-refractivity contribution in [1.82, 2.24) is 10.3 Å². The second kappa shape index (κ2) is 6.48. The molecule has 0 fully saturated rings. The molecule has 2 amide bonds. The van der Waals surface area contributed by atoms with Crippen LogP contribution >= 0.6 is 0 Å². The predicted octanol–water partition coefficient (Wildman–Crippen LogP) is 1.43. The summed E-state index contributed by atoms with van der Waals surface area (Å²) in [7, 11) is 0. The zero-order valence-corrected chi connectivity index (χ0v) is 12.8. The summed E-state index contributed by atoms with van der Waals surface area (Å²) in [6, 6.07) is 11.1. The lowest BCUT2D eigenvalue weighted by Gasteiger charge is -2.29. The number of hydrogen-bond acceptors (Lipinski definition) is 4. The molecule has 1 aliphatic rings. The molecule has 0 radical (unpaired) electrons. The molecular formula is C17H17N3O3. The number of aromatic nitrogens is 1. The van der Waals surface area contributed by atoms with Crippen LogP contribution in [-0.4, -0.2) is 29.9 Å². The molecule has 6 nitrogen and oxygen atoms in total. The van der Waals surface area contributed by atoms with Crippen molar-refractivity contribution in [2.75, 3.05) is 18.1 Å². The molecule has 23 heavy (non-hydrogen) atoms. The van der Waals surface area contributed by atoms with Gasteiger partial charge in [-0.3, -0.25) is 19.5 Å². The van der Waals surface area contributed by atoms with E-state index in [0.717, 1.165) is 11.3 Å². The maximum atomic E-state index is 12.2. The number of nitrogens with zero attached hydrogens (tertiary/aromatic N) is 2. The highest BCUT2D eigenvalue weighted by Crippen LogP contribution is 2.32. The number of amides is 2. The van der Waals surface area contributed by atoms with Crippen LogP contribution in [0.3, 0.4) is 0 Å². The number of rotatable bonds is 4. The lowest BCUT2D eigenvalue weighted by atomic mass is 10.1. The number of aryl methyl sites for hydroxylation is 1.